The molecule has 0 saturated carbocycles. The number of carbonyl (C=O) groups is 2. The van der Waals surface area contributed by atoms with Crippen LogP contribution in [0.4, 0.5) is 17.1 Å². The van der Waals surface area contributed by atoms with Gasteiger partial charge in [0.15, 0.2) is 5.78 Å². The van der Waals surface area contributed by atoms with Crippen LogP contribution in [0.2, 0.25) is 0 Å². The summed E-state index contributed by atoms with van der Waals surface area (Å²) in [5, 5.41) is 8.77. The maximum absolute atomic E-state index is 12.8. The number of carbonyl (C=O) groups excluding carboxylic acids is 2. The van der Waals surface area contributed by atoms with Crippen molar-refractivity contribution in [1.82, 2.24) is 10.3 Å². The van der Waals surface area contributed by atoms with Gasteiger partial charge in [0.25, 0.3) is 16.8 Å². The minimum atomic E-state index is -0.668. The van der Waals surface area contributed by atoms with Crippen LogP contribution in [0.15, 0.2) is 58.4 Å². The lowest BCUT2D eigenvalue weighted by atomic mass is 9.91. The number of ketones is 1. The topological polar surface area (TPSA) is 117 Å². The largest absolute Gasteiger partial charge is 0.360 e. The van der Waals surface area contributed by atoms with Crippen LogP contribution >= 0.6 is 0 Å². The van der Waals surface area contributed by atoms with Gasteiger partial charge in [-0.3, -0.25) is 24.2 Å². The van der Waals surface area contributed by atoms with Gasteiger partial charge in [-0.15, -0.1) is 0 Å². The molecule has 1 atom stereocenters. The second kappa shape index (κ2) is 8.51. The third-order valence-electron chi connectivity index (χ3n) is 4.80. The molecule has 3 aromatic rings. The molecule has 0 aliphatic rings. The SMILES string of the molecule is CC(=O)c1cccc(C(=O)NC(Nc2c(Nc3cccnc3)c(=O)c2=O)C(C)(C)C)c1. The molecule has 0 aliphatic heterocycles. The Labute approximate surface area is 179 Å². The van der Waals surface area contributed by atoms with Crippen LogP contribution in [-0.2, 0) is 0 Å². The highest BCUT2D eigenvalue weighted by atomic mass is 16.2. The lowest BCUT2D eigenvalue weighted by molar-refractivity contribution is 0.0913. The van der Waals surface area contributed by atoms with E-state index in [0.717, 1.165) is 0 Å². The molecule has 8 heteroatoms. The average Bonchev–Trinajstić information content (AvgIpc) is 2.74. The monoisotopic (exact) mass is 420 g/mol. The van der Waals surface area contributed by atoms with Crippen LogP contribution in [-0.4, -0.2) is 22.8 Å². The number of rotatable bonds is 7. The van der Waals surface area contributed by atoms with Crippen molar-refractivity contribution in [2.75, 3.05) is 10.6 Å². The predicted molar refractivity (Wildman–Crippen MR) is 120 cm³/mol. The molecule has 1 unspecified atom stereocenters. The normalized spacial score (nSPS) is 12.3. The Morgan fingerprint density at radius 3 is 2.26 bits per heavy atom. The van der Waals surface area contributed by atoms with Gasteiger partial charge in [0.2, 0.25) is 0 Å². The first-order valence-electron chi connectivity index (χ1n) is 9.76. The number of anilines is 3. The number of hydrogen-bond donors (Lipinski definition) is 3. The molecular weight excluding hydrogens is 396 g/mol. The van der Waals surface area contributed by atoms with E-state index >= 15 is 0 Å². The number of benzene rings is 1. The minimum absolute atomic E-state index is 0.103. The summed E-state index contributed by atoms with van der Waals surface area (Å²) in [4.78, 5) is 52.7. The number of Topliss-reactive ketones (excluding diaryl/α,β-unsaturated/α-hetero) is 1. The van der Waals surface area contributed by atoms with E-state index in [1.165, 1.54) is 19.2 Å². The maximum Gasteiger partial charge on any atom is 0.253 e. The summed E-state index contributed by atoms with van der Waals surface area (Å²) in [5.41, 5.74) is -0.255. The number of nitrogens with one attached hydrogen (secondary N) is 3. The molecular formula is C23H24N4O4. The molecule has 0 spiro atoms. The number of hydrogen-bond acceptors (Lipinski definition) is 7. The summed E-state index contributed by atoms with van der Waals surface area (Å²) >= 11 is 0. The van der Waals surface area contributed by atoms with Crippen molar-refractivity contribution in [2.45, 2.75) is 33.9 Å². The number of aromatic nitrogens is 1. The molecule has 0 radical (unpaired) electrons. The lowest BCUT2D eigenvalue weighted by Gasteiger charge is -2.33. The first-order valence-corrected chi connectivity index (χ1v) is 9.76. The van der Waals surface area contributed by atoms with E-state index in [1.54, 1.807) is 36.5 Å². The van der Waals surface area contributed by atoms with Crippen molar-refractivity contribution in [3.8, 4) is 0 Å². The molecule has 1 amide bonds. The summed E-state index contributed by atoms with van der Waals surface area (Å²) < 4.78 is 0. The van der Waals surface area contributed by atoms with Gasteiger partial charge >= 0.3 is 0 Å². The molecule has 8 nitrogen and oxygen atoms in total. The van der Waals surface area contributed by atoms with E-state index in [-0.39, 0.29) is 17.2 Å². The number of amides is 1. The summed E-state index contributed by atoms with van der Waals surface area (Å²) in [6.07, 6.45) is 2.46. The van der Waals surface area contributed by atoms with E-state index in [1.807, 2.05) is 20.8 Å². The summed E-state index contributed by atoms with van der Waals surface area (Å²) in [6, 6.07) is 9.82. The molecule has 160 valence electrons. The Kier molecular flexibility index (Phi) is 6.01. The zero-order valence-electron chi connectivity index (χ0n) is 17.8. The highest BCUT2D eigenvalue weighted by molar-refractivity contribution is 5.99. The maximum atomic E-state index is 12.8. The number of nitrogens with zero attached hydrogens (tertiary/aromatic N) is 1. The molecule has 31 heavy (non-hydrogen) atoms. The second-order valence-corrected chi connectivity index (χ2v) is 8.33. The van der Waals surface area contributed by atoms with Crippen LogP contribution in [0.3, 0.4) is 0 Å². The Bertz CT molecular complexity index is 1190. The molecule has 1 heterocycles. The fourth-order valence-electron chi connectivity index (χ4n) is 2.94. The molecule has 0 saturated heterocycles. The van der Waals surface area contributed by atoms with E-state index in [2.05, 4.69) is 20.9 Å². The Hall–Kier alpha value is -3.81. The minimum Gasteiger partial charge on any atom is -0.360 e. The first kappa shape index (κ1) is 21.9. The smallest absolute Gasteiger partial charge is 0.253 e. The fourth-order valence-corrected chi connectivity index (χ4v) is 2.94. The van der Waals surface area contributed by atoms with Crippen LogP contribution in [0.1, 0.15) is 48.4 Å². The van der Waals surface area contributed by atoms with Gasteiger partial charge in [0, 0.05) is 22.7 Å². The standard InChI is InChI=1S/C23H24N4O4/c1-13(28)14-7-5-8-15(11-14)21(31)27-22(23(2,3)4)26-18-17(19(29)20(18)30)25-16-9-6-10-24-12-16/h5-12,22,25-26H,1-4H3,(H,27,31). The molecule has 0 aliphatic carbocycles. The zero-order valence-corrected chi connectivity index (χ0v) is 17.8. The van der Waals surface area contributed by atoms with Crippen LogP contribution in [0.5, 0.6) is 0 Å². The highest BCUT2D eigenvalue weighted by Crippen LogP contribution is 2.26. The summed E-state index contributed by atoms with van der Waals surface area (Å²) in [6.45, 7) is 7.09. The van der Waals surface area contributed by atoms with E-state index in [0.29, 0.717) is 16.8 Å². The lowest BCUT2D eigenvalue weighted by Crippen LogP contribution is -2.51. The molecule has 3 rings (SSSR count). The third-order valence-corrected chi connectivity index (χ3v) is 4.80. The fraction of sp³-hybridized carbons (Fsp3) is 0.261. The van der Waals surface area contributed by atoms with Gasteiger partial charge in [-0.05, 0) is 31.2 Å². The molecule has 0 fully saturated rings. The van der Waals surface area contributed by atoms with Gasteiger partial charge in [0.05, 0.1) is 11.9 Å². The van der Waals surface area contributed by atoms with Crippen molar-refractivity contribution in [1.29, 1.82) is 0 Å². The van der Waals surface area contributed by atoms with Crippen molar-refractivity contribution >= 4 is 28.8 Å². The molecule has 1 aromatic heterocycles. The summed E-state index contributed by atoms with van der Waals surface area (Å²) in [7, 11) is 0. The quantitative estimate of drug-likeness (QED) is 0.306. The zero-order chi connectivity index (χ0) is 22.8. The Morgan fingerprint density at radius 2 is 1.65 bits per heavy atom. The van der Waals surface area contributed by atoms with Gasteiger partial charge in [0.1, 0.15) is 17.5 Å². The van der Waals surface area contributed by atoms with Crippen molar-refractivity contribution in [2.24, 2.45) is 5.41 Å². The average molecular weight is 420 g/mol. The van der Waals surface area contributed by atoms with E-state index < -0.39 is 28.3 Å². The predicted octanol–water partition coefficient (Wildman–Crippen LogP) is 2.84. The van der Waals surface area contributed by atoms with Gasteiger partial charge in [-0.2, -0.15) is 0 Å². The molecule has 2 aromatic carbocycles. The van der Waals surface area contributed by atoms with Crippen LogP contribution in [0, 0.1) is 5.41 Å². The van der Waals surface area contributed by atoms with Gasteiger partial charge in [-0.1, -0.05) is 32.9 Å². The van der Waals surface area contributed by atoms with Crippen molar-refractivity contribution < 1.29 is 9.59 Å². The van der Waals surface area contributed by atoms with Gasteiger partial charge < -0.3 is 16.0 Å². The van der Waals surface area contributed by atoms with E-state index in [4.69, 9.17) is 0 Å². The Morgan fingerprint density at radius 1 is 0.968 bits per heavy atom. The molecule has 3 N–H and O–H groups in total. The van der Waals surface area contributed by atoms with Crippen molar-refractivity contribution in [3.63, 3.8) is 0 Å². The summed E-state index contributed by atoms with van der Waals surface area (Å²) in [5.74, 6) is -0.550. The number of pyridine rings is 1. The van der Waals surface area contributed by atoms with Gasteiger partial charge in [-0.25, -0.2) is 0 Å². The Balaban J connectivity index is 1.84. The van der Waals surface area contributed by atoms with Crippen LogP contribution in [0.25, 0.3) is 0 Å². The second-order valence-electron chi connectivity index (χ2n) is 8.33. The molecule has 0 bridgehead atoms. The third kappa shape index (κ3) is 4.85. The van der Waals surface area contributed by atoms with E-state index in [9.17, 15) is 19.2 Å². The first-order chi connectivity index (χ1) is 14.6. The van der Waals surface area contributed by atoms with Crippen molar-refractivity contribution in [3.05, 3.63) is 80.4 Å². The van der Waals surface area contributed by atoms with Crippen LogP contribution < -0.4 is 26.8 Å². The highest BCUT2D eigenvalue weighted by Gasteiger charge is 2.31.